The molecule has 0 spiro atoms. The van der Waals surface area contributed by atoms with Crippen molar-refractivity contribution in [2.24, 2.45) is 0 Å². The Morgan fingerprint density at radius 3 is 2.48 bits per heavy atom. The van der Waals surface area contributed by atoms with E-state index >= 15 is 0 Å². The van der Waals surface area contributed by atoms with Crippen LogP contribution in [-0.2, 0) is 24.7 Å². The summed E-state index contributed by atoms with van der Waals surface area (Å²) in [6.07, 6.45) is 2.36. The Hall–Kier alpha value is -2.18. The molecule has 3 aromatic carbocycles. The molecule has 27 heavy (non-hydrogen) atoms. The molecule has 5 rings (SSSR count). The SMILES string of the molecule is Cc1ccc(C2=Cc3c(ccc(C)c3-c3cccc4ccccc34)[CH]2[Zr])o1. The number of furan rings is 1. The van der Waals surface area contributed by atoms with Crippen LogP contribution < -0.4 is 0 Å². The van der Waals surface area contributed by atoms with Crippen LogP contribution in [0.1, 0.15) is 31.8 Å². The number of hydrogen-bond donors (Lipinski definition) is 0. The molecule has 0 saturated heterocycles. The summed E-state index contributed by atoms with van der Waals surface area (Å²) < 4.78 is 6.38. The van der Waals surface area contributed by atoms with E-state index < -0.39 is 0 Å². The van der Waals surface area contributed by atoms with Crippen LogP contribution >= 0.6 is 0 Å². The molecule has 1 aromatic heterocycles. The molecule has 2 heteroatoms. The first-order chi connectivity index (χ1) is 13.1. The summed E-state index contributed by atoms with van der Waals surface area (Å²) in [7, 11) is 0. The summed E-state index contributed by atoms with van der Waals surface area (Å²) in [5.41, 5.74) is 8.08. The molecule has 0 bridgehead atoms. The maximum absolute atomic E-state index is 5.96. The Kier molecular flexibility index (Phi) is 4.06. The van der Waals surface area contributed by atoms with Crippen molar-refractivity contribution in [3.05, 3.63) is 94.9 Å². The van der Waals surface area contributed by atoms with Crippen LogP contribution in [0.2, 0.25) is 0 Å². The molecule has 0 aliphatic heterocycles. The van der Waals surface area contributed by atoms with Gasteiger partial charge in [-0.1, -0.05) is 0 Å². The Labute approximate surface area is 174 Å². The first kappa shape index (κ1) is 17.0. The predicted molar refractivity (Wildman–Crippen MR) is 108 cm³/mol. The van der Waals surface area contributed by atoms with Crippen molar-refractivity contribution in [3.8, 4) is 11.1 Å². The molecule has 129 valence electrons. The van der Waals surface area contributed by atoms with Gasteiger partial charge in [0.25, 0.3) is 0 Å². The Balaban J connectivity index is 1.78. The van der Waals surface area contributed by atoms with E-state index in [0.717, 1.165) is 11.5 Å². The molecular weight excluding hydrogens is 407 g/mol. The quantitative estimate of drug-likeness (QED) is 0.341. The van der Waals surface area contributed by atoms with Crippen LogP contribution in [0.3, 0.4) is 0 Å². The van der Waals surface area contributed by atoms with Gasteiger partial charge in [0.1, 0.15) is 0 Å². The zero-order valence-corrected chi connectivity index (χ0v) is 17.9. The van der Waals surface area contributed by atoms with Gasteiger partial charge in [0.05, 0.1) is 0 Å². The van der Waals surface area contributed by atoms with Crippen molar-refractivity contribution in [1.29, 1.82) is 0 Å². The van der Waals surface area contributed by atoms with E-state index in [9.17, 15) is 0 Å². The van der Waals surface area contributed by atoms with Crippen molar-refractivity contribution in [2.45, 2.75) is 17.5 Å². The van der Waals surface area contributed by atoms with Gasteiger partial charge in [-0.05, 0) is 0 Å². The van der Waals surface area contributed by atoms with Crippen LogP contribution in [0.25, 0.3) is 33.5 Å². The van der Waals surface area contributed by atoms with E-state index in [2.05, 4.69) is 79.7 Å². The molecule has 1 unspecified atom stereocenters. The molecule has 0 amide bonds. The van der Waals surface area contributed by atoms with E-state index in [-0.39, 0.29) is 0 Å². The second-order valence-electron chi connectivity index (χ2n) is 7.23. The van der Waals surface area contributed by atoms with Gasteiger partial charge >= 0.3 is 175 Å². The van der Waals surface area contributed by atoms with Crippen molar-refractivity contribution in [3.63, 3.8) is 0 Å². The van der Waals surface area contributed by atoms with Crippen LogP contribution in [0, 0.1) is 13.8 Å². The number of hydrogen-bond acceptors (Lipinski definition) is 1. The average molecular weight is 427 g/mol. The molecule has 0 saturated carbocycles. The molecule has 1 aliphatic rings. The summed E-state index contributed by atoms with van der Waals surface area (Å²) in [6.45, 7) is 4.23. The number of aryl methyl sites for hydroxylation is 2. The third-order valence-corrected chi connectivity index (χ3v) is 7.02. The molecule has 0 radical (unpaired) electrons. The molecule has 1 nitrogen and oxygen atoms in total. The Morgan fingerprint density at radius 1 is 0.852 bits per heavy atom. The maximum atomic E-state index is 5.96. The van der Waals surface area contributed by atoms with E-state index in [4.69, 9.17) is 4.42 Å². The summed E-state index contributed by atoms with van der Waals surface area (Å²) in [4.78, 5) is 0. The van der Waals surface area contributed by atoms with Gasteiger partial charge in [0.15, 0.2) is 0 Å². The van der Waals surface area contributed by atoms with Gasteiger partial charge in [0.2, 0.25) is 0 Å². The van der Waals surface area contributed by atoms with E-state index in [1.807, 2.05) is 6.92 Å². The first-order valence-corrected chi connectivity index (χ1v) is 10.7. The molecule has 4 aromatic rings. The molecule has 1 aliphatic carbocycles. The molecule has 0 fully saturated rings. The minimum atomic E-state index is 0.423. The van der Waals surface area contributed by atoms with Crippen LogP contribution in [0.4, 0.5) is 0 Å². The minimum absolute atomic E-state index is 0.423. The van der Waals surface area contributed by atoms with Crippen molar-refractivity contribution in [1.82, 2.24) is 0 Å². The molecule has 1 atom stereocenters. The van der Waals surface area contributed by atoms with E-state index in [1.54, 1.807) is 0 Å². The molecule has 0 N–H and O–H groups in total. The van der Waals surface area contributed by atoms with Crippen LogP contribution in [-0.4, -0.2) is 0 Å². The number of rotatable bonds is 2. The summed E-state index contributed by atoms with van der Waals surface area (Å²) in [6, 6.07) is 24.0. The standard InChI is InChI=1S/C25H19O.Zr/c1-16-10-12-19-14-20(24-13-11-17(2)26-24)15-23(19)25(16)22-9-5-7-18-6-3-4-8-21(18)22;/h3-15H,1-2H3;. The zero-order valence-electron chi connectivity index (χ0n) is 15.4. The van der Waals surface area contributed by atoms with Crippen molar-refractivity contribution < 1.29 is 29.1 Å². The van der Waals surface area contributed by atoms with E-state index in [1.165, 1.54) is 68.9 Å². The molecular formula is C25H19OZr. The second-order valence-corrected chi connectivity index (χ2v) is 8.65. The fourth-order valence-electron chi connectivity index (χ4n) is 4.16. The van der Waals surface area contributed by atoms with E-state index in [0.29, 0.717) is 3.63 Å². The monoisotopic (exact) mass is 425 g/mol. The number of benzene rings is 3. The average Bonchev–Trinajstić information content (AvgIpc) is 3.25. The molecule has 1 heterocycles. The summed E-state index contributed by atoms with van der Waals surface area (Å²) in [5.74, 6) is 1.97. The van der Waals surface area contributed by atoms with Crippen LogP contribution in [0.5, 0.6) is 0 Å². The van der Waals surface area contributed by atoms with Crippen molar-refractivity contribution >= 4 is 22.4 Å². The number of allylic oxidation sites excluding steroid dienone is 1. The van der Waals surface area contributed by atoms with Gasteiger partial charge in [-0.15, -0.1) is 0 Å². The Morgan fingerprint density at radius 2 is 1.67 bits per heavy atom. The van der Waals surface area contributed by atoms with Gasteiger partial charge < -0.3 is 0 Å². The van der Waals surface area contributed by atoms with Crippen molar-refractivity contribution in [2.75, 3.05) is 0 Å². The third-order valence-electron chi connectivity index (χ3n) is 5.49. The zero-order chi connectivity index (χ0) is 18.5. The second kappa shape index (κ2) is 6.46. The van der Waals surface area contributed by atoms with Gasteiger partial charge in [-0.25, -0.2) is 0 Å². The van der Waals surface area contributed by atoms with Gasteiger partial charge in [-0.2, -0.15) is 0 Å². The summed E-state index contributed by atoms with van der Waals surface area (Å²) >= 11 is 1.49. The van der Waals surface area contributed by atoms with Gasteiger partial charge in [-0.3, -0.25) is 0 Å². The third kappa shape index (κ3) is 2.70. The van der Waals surface area contributed by atoms with Crippen LogP contribution in [0.15, 0.2) is 71.1 Å². The normalized spacial score (nSPS) is 15.7. The topological polar surface area (TPSA) is 13.1 Å². The fourth-order valence-corrected chi connectivity index (χ4v) is 5.34. The fraction of sp³-hybridized carbons (Fsp3) is 0.120. The first-order valence-electron chi connectivity index (χ1n) is 9.24. The van der Waals surface area contributed by atoms with Gasteiger partial charge in [0, 0.05) is 0 Å². The number of fused-ring (bicyclic) bond motifs is 2. The Bertz CT molecular complexity index is 1210. The summed E-state index contributed by atoms with van der Waals surface area (Å²) in [5, 5.41) is 2.60. The predicted octanol–water partition coefficient (Wildman–Crippen LogP) is 6.86.